The van der Waals surface area contributed by atoms with Gasteiger partial charge in [-0.25, -0.2) is 0 Å². The molecule has 48 heavy (non-hydrogen) atoms. The summed E-state index contributed by atoms with van der Waals surface area (Å²) in [4.78, 5) is 0. The van der Waals surface area contributed by atoms with Gasteiger partial charge in [-0.15, -0.1) is 0 Å². The van der Waals surface area contributed by atoms with E-state index in [9.17, 15) is 0 Å². The van der Waals surface area contributed by atoms with Gasteiger partial charge >= 0.3 is 0 Å². The lowest BCUT2D eigenvalue weighted by Gasteiger charge is -2.14. The summed E-state index contributed by atoms with van der Waals surface area (Å²) in [6.07, 6.45) is 0. The van der Waals surface area contributed by atoms with Crippen LogP contribution < -0.4 is 0 Å². The van der Waals surface area contributed by atoms with Crippen LogP contribution in [0.1, 0.15) is 0 Å². The van der Waals surface area contributed by atoms with Crippen LogP contribution >= 0.6 is 0 Å². The number of hydrogen-bond acceptors (Lipinski definition) is 0. The normalized spacial score (nSPS) is 11.8. The molecule has 0 spiro atoms. The molecule has 0 aliphatic heterocycles. The third-order valence-corrected chi connectivity index (χ3v) is 10.2. The first-order valence-electron chi connectivity index (χ1n) is 16.7. The molecule has 0 bridgehead atoms. The van der Waals surface area contributed by atoms with Crippen LogP contribution in [0.4, 0.5) is 0 Å². The predicted octanol–water partition coefficient (Wildman–Crippen LogP) is 13.6. The highest BCUT2D eigenvalue weighted by atomic mass is 14.2. The van der Waals surface area contributed by atoms with Crippen molar-refractivity contribution < 1.29 is 0 Å². The minimum Gasteiger partial charge on any atom is -0.0616 e. The van der Waals surface area contributed by atoms with E-state index in [0.29, 0.717) is 0 Å². The SMILES string of the molecule is c1cc(-c2ccc(-c3ccc(-c4ccc5ccc6cccc7ccc4c5c67)cc3)cc2)cc(-c2c3ccccc3cc3ccccc23)c1. The topological polar surface area (TPSA) is 0 Å². The minimum atomic E-state index is 1.22. The smallest absolute Gasteiger partial charge is 0.00206 e. The Kier molecular flexibility index (Phi) is 5.98. The Morgan fingerprint density at radius 2 is 0.708 bits per heavy atom. The summed E-state index contributed by atoms with van der Waals surface area (Å²) in [5.41, 5.74) is 9.94. The Balaban J connectivity index is 0.990. The van der Waals surface area contributed by atoms with Gasteiger partial charge in [-0.1, -0.05) is 170 Å². The van der Waals surface area contributed by atoms with Crippen molar-refractivity contribution in [2.75, 3.05) is 0 Å². The highest BCUT2D eigenvalue weighted by Gasteiger charge is 2.13. The van der Waals surface area contributed by atoms with E-state index in [-0.39, 0.29) is 0 Å². The molecule has 0 N–H and O–H groups in total. The molecule has 0 aliphatic rings. The molecule has 0 aliphatic carbocycles. The predicted molar refractivity (Wildman–Crippen MR) is 207 cm³/mol. The van der Waals surface area contributed by atoms with E-state index in [2.05, 4.69) is 182 Å². The molecule has 222 valence electrons. The average molecular weight is 607 g/mol. The molecule has 0 radical (unpaired) electrons. The lowest BCUT2D eigenvalue weighted by atomic mass is 9.89. The Morgan fingerprint density at radius 3 is 1.38 bits per heavy atom. The Labute approximate surface area is 279 Å². The summed E-state index contributed by atoms with van der Waals surface area (Å²) in [6.45, 7) is 0. The van der Waals surface area contributed by atoms with E-state index in [1.54, 1.807) is 0 Å². The summed E-state index contributed by atoms with van der Waals surface area (Å²) in [7, 11) is 0. The van der Waals surface area contributed by atoms with E-state index in [0.717, 1.165) is 0 Å². The Bertz CT molecular complexity index is 2730. The van der Waals surface area contributed by atoms with Crippen molar-refractivity contribution in [3.05, 3.63) is 182 Å². The Hall–Kier alpha value is -6.24. The number of benzene rings is 10. The van der Waals surface area contributed by atoms with Gasteiger partial charge in [0.25, 0.3) is 0 Å². The molecule has 10 aromatic carbocycles. The average Bonchev–Trinajstić information content (AvgIpc) is 3.16. The summed E-state index contributed by atoms with van der Waals surface area (Å²) < 4.78 is 0. The van der Waals surface area contributed by atoms with E-state index >= 15 is 0 Å². The zero-order valence-electron chi connectivity index (χ0n) is 26.3. The summed E-state index contributed by atoms with van der Waals surface area (Å²) in [5.74, 6) is 0. The third kappa shape index (κ3) is 4.24. The molecular weight excluding hydrogens is 577 g/mol. The van der Waals surface area contributed by atoms with Crippen LogP contribution in [-0.2, 0) is 0 Å². The summed E-state index contributed by atoms with van der Waals surface area (Å²) in [5, 5.41) is 13.0. The summed E-state index contributed by atoms with van der Waals surface area (Å²) in [6, 6.07) is 67.0. The van der Waals surface area contributed by atoms with Crippen LogP contribution in [0.5, 0.6) is 0 Å². The van der Waals surface area contributed by atoms with E-state index in [1.165, 1.54) is 98.4 Å². The van der Waals surface area contributed by atoms with Crippen LogP contribution in [0.3, 0.4) is 0 Å². The standard InChI is InChI=1S/C48H30/c1-3-13-43-39(7-1)30-40-8-2-4-14-44(40)47(43)41-12-6-11-38(29-41)33-17-15-31(16-18-33)32-19-21-34(22-20-32)42-27-25-37-24-23-35-9-5-10-36-26-28-45(42)48(37)46(35)36/h1-30H. The molecule has 0 nitrogen and oxygen atoms in total. The fraction of sp³-hybridized carbons (Fsp3) is 0. The molecule has 0 aromatic heterocycles. The van der Waals surface area contributed by atoms with E-state index in [4.69, 9.17) is 0 Å². The van der Waals surface area contributed by atoms with Crippen LogP contribution in [0, 0.1) is 0 Å². The maximum absolute atomic E-state index is 2.34. The van der Waals surface area contributed by atoms with Crippen molar-refractivity contribution in [2.45, 2.75) is 0 Å². The monoisotopic (exact) mass is 606 g/mol. The van der Waals surface area contributed by atoms with Gasteiger partial charge in [0.1, 0.15) is 0 Å². The van der Waals surface area contributed by atoms with Crippen molar-refractivity contribution in [3.8, 4) is 44.5 Å². The fourth-order valence-electron chi connectivity index (χ4n) is 7.86. The molecule has 0 atom stereocenters. The second-order valence-corrected chi connectivity index (χ2v) is 12.9. The first-order valence-corrected chi connectivity index (χ1v) is 16.7. The summed E-state index contributed by atoms with van der Waals surface area (Å²) >= 11 is 0. The zero-order chi connectivity index (χ0) is 31.6. The lowest BCUT2D eigenvalue weighted by Crippen LogP contribution is -1.88. The highest BCUT2D eigenvalue weighted by molar-refractivity contribution is 6.25. The van der Waals surface area contributed by atoms with E-state index < -0.39 is 0 Å². The van der Waals surface area contributed by atoms with Gasteiger partial charge in [0, 0.05) is 0 Å². The molecule has 0 heteroatoms. The number of hydrogen-bond donors (Lipinski definition) is 0. The van der Waals surface area contributed by atoms with Gasteiger partial charge in [-0.2, -0.15) is 0 Å². The van der Waals surface area contributed by atoms with Crippen molar-refractivity contribution in [1.29, 1.82) is 0 Å². The quantitative estimate of drug-likeness (QED) is 0.138. The van der Waals surface area contributed by atoms with Gasteiger partial charge in [-0.3, -0.25) is 0 Å². The molecule has 0 fully saturated rings. The van der Waals surface area contributed by atoms with Gasteiger partial charge < -0.3 is 0 Å². The van der Waals surface area contributed by atoms with Gasteiger partial charge in [0.15, 0.2) is 0 Å². The first kappa shape index (κ1) is 26.9. The molecule has 0 saturated heterocycles. The lowest BCUT2D eigenvalue weighted by molar-refractivity contribution is 1.58. The molecular formula is C48H30. The molecule has 0 amide bonds. The van der Waals surface area contributed by atoms with Crippen molar-refractivity contribution in [3.63, 3.8) is 0 Å². The van der Waals surface area contributed by atoms with Crippen LogP contribution in [0.2, 0.25) is 0 Å². The second-order valence-electron chi connectivity index (χ2n) is 12.9. The van der Waals surface area contributed by atoms with E-state index in [1.807, 2.05) is 0 Å². The zero-order valence-corrected chi connectivity index (χ0v) is 26.3. The minimum absolute atomic E-state index is 1.22. The van der Waals surface area contributed by atoms with Crippen LogP contribution in [0.25, 0.3) is 98.4 Å². The van der Waals surface area contributed by atoms with Crippen molar-refractivity contribution in [1.82, 2.24) is 0 Å². The van der Waals surface area contributed by atoms with Crippen LogP contribution in [-0.4, -0.2) is 0 Å². The van der Waals surface area contributed by atoms with Crippen molar-refractivity contribution in [2.24, 2.45) is 0 Å². The maximum atomic E-state index is 2.34. The van der Waals surface area contributed by atoms with Gasteiger partial charge in [0.05, 0.1) is 0 Å². The molecule has 0 saturated carbocycles. The number of fused-ring (bicyclic) bond motifs is 2. The van der Waals surface area contributed by atoms with Crippen LogP contribution in [0.15, 0.2) is 182 Å². The number of rotatable bonds is 4. The molecule has 0 heterocycles. The Morgan fingerprint density at radius 1 is 0.229 bits per heavy atom. The third-order valence-electron chi connectivity index (χ3n) is 10.2. The first-order chi connectivity index (χ1) is 23.8. The molecule has 10 rings (SSSR count). The van der Waals surface area contributed by atoms with Crippen molar-refractivity contribution >= 4 is 53.9 Å². The highest BCUT2D eigenvalue weighted by Crippen LogP contribution is 2.41. The van der Waals surface area contributed by atoms with Gasteiger partial charge in [-0.05, 0) is 111 Å². The maximum Gasteiger partial charge on any atom is -0.00206 e. The largest absolute Gasteiger partial charge is 0.0616 e. The van der Waals surface area contributed by atoms with Gasteiger partial charge in [0.2, 0.25) is 0 Å². The fourth-order valence-corrected chi connectivity index (χ4v) is 7.86. The second kappa shape index (κ2) is 10.7. The molecule has 0 unspecified atom stereocenters. The molecule has 10 aromatic rings.